The van der Waals surface area contributed by atoms with E-state index in [1.165, 1.54) is 62.4 Å². The molecule has 151 valence electrons. The van der Waals surface area contributed by atoms with E-state index in [0.717, 1.165) is 30.2 Å². The molecule has 1 nitrogen and oxygen atoms in total. The second-order valence-corrected chi connectivity index (χ2v) is 11.3. The first kappa shape index (κ1) is 20.8. The molecule has 0 N–H and O–H groups in total. The Morgan fingerprint density at radius 2 is 1.70 bits per heavy atom. The summed E-state index contributed by atoms with van der Waals surface area (Å²) >= 11 is 0. The highest BCUT2D eigenvalue weighted by Gasteiger charge is 2.31. The molecule has 3 rings (SSSR count). The lowest BCUT2D eigenvalue weighted by molar-refractivity contribution is 0.0799. The molecule has 0 unspecified atom stereocenters. The largest absolute Gasteiger partial charge is 0.485 e. The zero-order chi connectivity index (χ0) is 19.2. The Morgan fingerprint density at radius 1 is 1.04 bits per heavy atom. The van der Waals surface area contributed by atoms with Crippen molar-refractivity contribution in [2.24, 2.45) is 11.8 Å². The van der Waals surface area contributed by atoms with Crippen molar-refractivity contribution in [3.8, 4) is 5.75 Å². The highest BCUT2D eigenvalue weighted by Crippen LogP contribution is 2.44. The lowest BCUT2D eigenvalue weighted by Gasteiger charge is -2.37. The van der Waals surface area contributed by atoms with Crippen LogP contribution in [0.1, 0.15) is 63.4 Å². The van der Waals surface area contributed by atoms with Gasteiger partial charge in [0.1, 0.15) is 6.61 Å². The fraction of sp³-hybridized carbons (Fsp3) is 0.727. The van der Waals surface area contributed by atoms with Crippen molar-refractivity contribution in [2.45, 2.75) is 82.3 Å². The van der Waals surface area contributed by atoms with Gasteiger partial charge in [-0.05, 0) is 61.1 Å². The van der Waals surface area contributed by atoms with E-state index < -0.39 is 18.8 Å². The van der Waals surface area contributed by atoms with Crippen molar-refractivity contribution in [3.63, 3.8) is 0 Å². The van der Waals surface area contributed by atoms with Crippen LogP contribution < -0.4 is 4.74 Å². The van der Waals surface area contributed by atoms with Crippen LogP contribution in [0.2, 0.25) is 18.1 Å². The second-order valence-electron chi connectivity index (χ2n) is 8.34. The Balaban J connectivity index is 1.48. The van der Waals surface area contributed by atoms with E-state index in [4.69, 9.17) is 4.74 Å². The quantitative estimate of drug-likeness (QED) is 0.448. The van der Waals surface area contributed by atoms with Crippen LogP contribution >= 0.6 is 0 Å². The molecule has 1 aliphatic heterocycles. The number of halogens is 3. The Hall–Kier alpha value is -0.973. The maximum absolute atomic E-state index is 14.2. The molecular formula is C22H32F3OSi. The number of hydrogen-bond donors (Lipinski definition) is 0. The highest BCUT2D eigenvalue weighted by molar-refractivity contribution is 6.58. The third kappa shape index (κ3) is 5.75. The summed E-state index contributed by atoms with van der Waals surface area (Å²) in [5.41, 5.74) is 0.993. The lowest BCUT2D eigenvalue weighted by atomic mass is 9.72. The molecule has 0 amide bonds. The summed E-state index contributed by atoms with van der Waals surface area (Å²) in [6.45, 7) is 1.55. The molecule has 1 saturated carbocycles. The van der Waals surface area contributed by atoms with Crippen molar-refractivity contribution >= 4 is 8.80 Å². The molecular weight excluding hydrogens is 365 g/mol. The van der Waals surface area contributed by atoms with Crippen LogP contribution in [0.15, 0.2) is 18.2 Å². The predicted molar refractivity (Wildman–Crippen MR) is 106 cm³/mol. The van der Waals surface area contributed by atoms with Crippen LogP contribution in [0.3, 0.4) is 0 Å². The molecule has 27 heavy (non-hydrogen) atoms. The molecule has 0 atom stereocenters. The van der Waals surface area contributed by atoms with Crippen LogP contribution in [0.5, 0.6) is 5.75 Å². The molecule has 5 heteroatoms. The Kier molecular flexibility index (Phi) is 7.68. The summed E-state index contributed by atoms with van der Waals surface area (Å²) in [4.78, 5) is 0. The predicted octanol–water partition coefficient (Wildman–Crippen LogP) is 7.06. The summed E-state index contributed by atoms with van der Waals surface area (Å²) in [5.74, 6) is 1.57. The maximum atomic E-state index is 14.2. The van der Waals surface area contributed by atoms with E-state index >= 15 is 0 Å². The molecule has 1 aromatic carbocycles. The van der Waals surface area contributed by atoms with Gasteiger partial charge in [0.2, 0.25) is 0 Å². The van der Waals surface area contributed by atoms with Gasteiger partial charge in [-0.15, -0.1) is 0 Å². The van der Waals surface area contributed by atoms with Crippen molar-refractivity contribution in [1.82, 2.24) is 0 Å². The van der Waals surface area contributed by atoms with Crippen LogP contribution in [0.4, 0.5) is 13.2 Å². The van der Waals surface area contributed by atoms with E-state index in [1.54, 1.807) is 0 Å². The first-order valence-corrected chi connectivity index (χ1v) is 12.7. The zero-order valence-electron chi connectivity index (χ0n) is 16.4. The average Bonchev–Trinajstić information content (AvgIpc) is 2.68. The van der Waals surface area contributed by atoms with Crippen molar-refractivity contribution < 1.29 is 17.9 Å². The summed E-state index contributed by atoms with van der Waals surface area (Å²) in [6, 6.07) is 9.37. The number of rotatable bonds is 7. The standard InChI is InChI=1S/C22H32F3OSi/c1-2-11-27-12-9-18(10-13-27)16-3-5-17(6-4-16)19-7-8-21(20(23)14-19)26-15-22(24)25/h7-8,14,16-18,22H,2-6,9-13,15H2,1H3. The molecule has 0 aromatic heterocycles. The molecule has 0 bridgehead atoms. The SMILES string of the molecule is CCC[Si]1CCC(C2CCC(c3ccc(OCC(F)F)c(F)c3)CC2)CC1. The lowest BCUT2D eigenvalue weighted by Crippen LogP contribution is -2.28. The first-order chi connectivity index (χ1) is 13.1. The zero-order valence-corrected chi connectivity index (χ0v) is 17.4. The Morgan fingerprint density at radius 3 is 2.30 bits per heavy atom. The molecule has 1 aromatic rings. The van der Waals surface area contributed by atoms with E-state index in [9.17, 15) is 13.2 Å². The van der Waals surface area contributed by atoms with E-state index in [0.29, 0.717) is 5.92 Å². The average molecular weight is 398 g/mol. The van der Waals surface area contributed by atoms with Crippen LogP contribution in [-0.4, -0.2) is 21.8 Å². The maximum Gasteiger partial charge on any atom is 0.272 e. The summed E-state index contributed by atoms with van der Waals surface area (Å²) < 4.78 is 43.4. The smallest absolute Gasteiger partial charge is 0.272 e. The van der Waals surface area contributed by atoms with E-state index in [1.807, 2.05) is 6.07 Å². The van der Waals surface area contributed by atoms with Crippen LogP contribution in [0, 0.1) is 17.7 Å². The van der Waals surface area contributed by atoms with Gasteiger partial charge in [0.25, 0.3) is 6.43 Å². The van der Waals surface area contributed by atoms with Crippen molar-refractivity contribution in [3.05, 3.63) is 29.6 Å². The molecule has 2 fully saturated rings. The fourth-order valence-electron chi connectivity index (χ4n) is 5.09. The van der Waals surface area contributed by atoms with Crippen molar-refractivity contribution in [2.75, 3.05) is 6.61 Å². The summed E-state index contributed by atoms with van der Waals surface area (Å²) in [7, 11) is -0.0417. The summed E-state index contributed by atoms with van der Waals surface area (Å²) in [6.07, 6.45) is 6.37. The van der Waals surface area contributed by atoms with E-state index in [-0.39, 0.29) is 14.5 Å². The number of ether oxygens (including phenoxy) is 1. The molecule has 1 heterocycles. The van der Waals surface area contributed by atoms with Gasteiger partial charge >= 0.3 is 0 Å². The van der Waals surface area contributed by atoms with E-state index in [2.05, 4.69) is 6.92 Å². The van der Waals surface area contributed by atoms with Gasteiger partial charge in [0.15, 0.2) is 11.6 Å². The highest BCUT2D eigenvalue weighted by atomic mass is 28.3. The van der Waals surface area contributed by atoms with Crippen molar-refractivity contribution in [1.29, 1.82) is 0 Å². The molecule has 1 radical (unpaired) electrons. The monoisotopic (exact) mass is 397 g/mol. The van der Waals surface area contributed by atoms with Crippen LogP contribution in [0.25, 0.3) is 0 Å². The van der Waals surface area contributed by atoms with Gasteiger partial charge in [0.05, 0.1) is 0 Å². The Bertz CT molecular complexity index is 579. The normalized spacial score (nSPS) is 25.1. The minimum Gasteiger partial charge on any atom is -0.485 e. The summed E-state index contributed by atoms with van der Waals surface area (Å²) in [5, 5.41) is 0. The third-order valence-corrected chi connectivity index (χ3v) is 9.77. The minimum absolute atomic E-state index is 0.0417. The third-order valence-electron chi connectivity index (χ3n) is 6.57. The molecule has 2 aliphatic rings. The van der Waals surface area contributed by atoms with Crippen LogP contribution in [-0.2, 0) is 0 Å². The molecule has 0 spiro atoms. The number of benzene rings is 1. The number of alkyl halides is 2. The van der Waals surface area contributed by atoms with Gasteiger partial charge in [0, 0.05) is 8.80 Å². The van der Waals surface area contributed by atoms with Gasteiger partial charge in [-0.25, -0.2) is 13.2 Å². The topological polar surface area (TPSA) is 9.23 Å². The Labute approximate surface area is 163 Å². The first-order valence-electron chi connectivity index (χ1n) is 10.6. The van der Waals surface area contributed by atoms with Gasteiger partial charge in [-0.3, -0.25) is 0 Å². The van der Waals surface area contributed by atoms with Gasteiger partial charge in [-0.1, -0.05) is 50.4 Å². The van der Waals surface area contributed by atoms with Gasteiger partial charge in [-0.2, -0.15) is 0 Å². The fourth-order valence-corrected chi connectivity index (χ4v) is 8.10. The molecule has 1 saturated heterocycles. The molecule has 1 aliphatic carbocycles. The van der Waals surface area contributed by atoms with Gasteiger partial charge < -0.3 is 4.74 Å². The number of hydrogen-bond acceptors (Lipinski definition) is 1. The minimum atomic E-state index is -2.58. The second kappa shape index (κ2) is 9.99.